The van der Waals surface area contributed by atoms with Crippen LogP contribution < -0.4 is 83.2 Å². The first-order valence-electron chi connectivity index (χ1n) is 42.2. The summed E-state index contributed by atoms with van der Waals surface area (Å²) in [5, 5.41) is 135. The first kappa shape index (κ1) is 92.9. The molecular formula is C88H104Cl2N12O26. The summed E-state index contributed by atoms with van der Waals surface area (Å²) in [4.78, 5) is 150. The molecule has 11 amide bonds. The maximum Gasteiger partial charge on any atom is 0.325 e. The number of fused-ring (bicyclic) bond motifs is 15. The highest BCUT2D eigenvalue weighted by molar-refractivity contribution is 6.32. The van der Waals surface area contributed by atoms with Crippen molar-refractivity contribution in [1.82, 2.24) is 53.2 Å². The Bertz CT molecular complexity index is 5220. The van der Waals surface area contributed by atoms with Crippen molar-refractivity contribution in [3.63, 3.8) is 0 Å². The van der Waals surface area contributed by atoms with E-state index in [0.29, 0.717) is 30.6 Å². The fourth-order valence-corrected chi connectivity index (χ4v) is 18.9. The molecule has 4 saturated carbocycles. The number of aromatic hydroxyl groups is 3. The van der Waals surface area contributed by atoms with Crippen molar-refractivity contribution in [1.29, 1.82) is 0 Å². The van der Waals surface area contributed by atoms with E-state index in [2.05, 4.69) is 58.5 Å². The number of hydrogen-bond donors (Lipinski definition) is 21. The summed E-state index contributed by atoms with van der Waals surface area (Å²) in [6.45, 7) is 7.54. The number of ether oxygens (including phenoxy) is 7. The highest BCUT2D eigenvalue weighted by Crippen LogP contribution is 2.55. The number of halogens is 2. The number of rotatable bonds is 20. The lowest BCUT2D eigenvalue weighted by atomic mass is 9.54. The van der Waals surface area contributed by atoms with E-state index in [4.69, 9.17) is 62.1 Å². The van der Waals surface area contributed by atoms with Gasteiger partial charge in [-0.05, 0) is 202 Å². The number of hydrogen-bond acceptors (Lipinski definition) is 28. The molecule has 4 aliphatic carbocycles. The van der Waals surface area contributed by atoms with Crippen LogP contribution in [-0.4, -0.2) is 217 Å². The van der Waals surface area contributed by atoms with Gasteiger partial charge in [-0.3, -0.25) is 48.5 Å². The van der Waals surface area contributed by atoms with Crippen LogP contribution in [0.15, 0.2) is 103 Å². The molecule has 7 heterocycles. The van der Waals surface area contributed by atoms with E-state index in [1.807, 2.05) is 13.8 Å². The molecule has 18 atom stereocenters. The van der Waals surface area contributed by atoms with Crippen molar-refractivity contribution in [2.24, 2.45) is 35.3 Å². The molecule has 0 aromatic heterocycles. The molecule has 6 aromatic rings. The zero-order chi connectivity index (χ0) is 91.8. The minimum Gasteiger partial charge on any atom is -0.508 e. The second kappa shape index (κ2) is 39.0. The average Bonchev–Trinajstić information content (AvgIpc) is 0.760. The molecule has 7 aliphatic heterocycles. The lowest BCUT2D eigenvalue weighted by molar-refractivity contribution is -0.333. The minimum absolute atomic E-state index is 0.0469. The molecule has 40 heteroatoms. The lowest BCUT2D eigenvalue weighted by Gasteiger charge is -2.54. The number of aliphatic hydroxyl groups excluding tert-OH is 6. The fourth-order valence-electron chi connectivity index (χ4n) is 18.4. The molecule has 686 valence electrons. The summed E-state index contributed by atoms with van der Waals surface area (Å²) in [6.07, 6.45) is -14.3. The standard InChI is InChI=1S/C88H104Cl2N12O26/c1-36(2)20-54(92-6)79(114)101-70-72(109)42-9-16-58(52(89)27-42)124-60-29-46-30-61(76(60)128-86-77(75(112)74(111)62(35-103)126-86)127-64-34-88(5,91)78(113)37(3)123-64)125-59-17-10-43(28-53(59)90)73(110)71-85(120)100-69(83(118)97-66-44-22-39-21-40(24-44)25-45(66)23-39)51-31-48(105)32-57(107)65(51)50-26-41(8-15-56(50)106)67(81(116)102-71)99-82(117)68(46)98-80(115)55(95-84(70)119)33-63(108)96-87(121)94-47-11-13-49(14-12-47)122-19-7-18-93-38(4)104/h8-17,26-32,36-37,39-40,44-45,54-55,62,64,66-75,77-78,86,92,103,105-107,109-113H,7,18-25,33-35,91H2,1-6H3,(H,93,104)(H,95,119)(H,97,118)(H,98,115)(H,99,117)(H,100,120)(H,101,114)(H,102,116)(H2,94,96,108,121)/t37-,39?,40?,44?,45?,54+,55?,62+,64?,66?,67+,68?,69+,70?,71-,72+,73+,74+,75-,77+,78+,86+,88-/m0/s1. The first-order chi connectivity index (χ1) is 60.9. The van der Waals surface area contributed by atoms with E-state index in [1.165, 1.54) is 76.3 Å². The number of nitrogens with two attached hydrogens (primary N) is 1. The highest BCUT2D eigenvalue weighted by Gasteiger charge is 2.53. The van der Waals surface area contributed by atoms with E-state index in [-0.39, 0.29) is 87.9 Å². The average molecular weight is 1820 g/mol. The van der Waals surface area contributed by atoms with E-state index in [9.17, 15) is 65.1 Å². The van der Waals surface area contributed by atoms with Gasteiger partial charge in [0.05, 0.1) is 47.9 Å². The topological polar surface area (TPSA) is 576 Å². The Kier molecular flexibility index (Phi) is 28.3. The Labute approximate surface area is 743 Å². The molecule has 6 fully saturated rings. The number of benzene rings is 6. The molecule has 2 saturated heterocycles. The van der Waals surface area contributed by atoms with Gasteiger partial charge in [-0.1, -0.05) is 55.2 Å². The van der Waals surface area contributed by atoms with Crippen LogP contribution in [0.25, 0.3) is 11.1 Å². The van der Waals surface area contributed by atoms with Gasteiger partial charge >= 0.3 is 6.03 Å². The number of amides is 11. The van der Waals surface area contributed by atoms with Crippen molar-refractivity contribution in [2.75, 3.05) is 32.1 Å². The van der Waals surface area contributed by atoms with Gasteiger partial charge in [0.1, 0.15) is 101 Å². The number of carbonyl (C=O) groups is 10. The van der Waals surface area contributed by atoms with E-state index >= 15 is 28.8 Å². The normalized spacial score (nSPS) is 29.8. The third-order valence-electron chi connectivity index (χ3n) is 24.6. The molecule has 17 rings (SSSR count). The molecule has 38 nitrogen and oxygen atoms in total. The van der Waals surface area contributed by atoms with Crippen LogP contribution >= 0.6 is 23.2 Å². The number of nitrogens with one attached hydrogen (secondary N) is 11. The number of aliphatic hydroxyl groups is 6. The largest absolute Gasteiger partial charge is 0.508 e. The zero-order valence-corrected chi connectivity index (χ0v) is 71.9. The van der Waals surface area contributed by atoms with Crippen LogP contribution in [0.4, 0.5) is 10.5 Å². The number of likely N-dealkylation sites (N-methyl/N-ethyl adjacent to an activating group) is 1. The van der Waals surface area contributed by atoms with Gasteiger partial charge in [-0.2, -0.15) is 0 Å². The van der Waals surface area contributed by atoms with Crippen LogP contribution in [0.1, 0.15) is 151 Å². The predicted octanol–water partition coefficient (Wildman–Crippen LogP) is 3.73. The Morgan fingerprint density at radius 2 is 1.30 bits per heavy atom. The molecular weight excluding hydrogens is 1710 g/mol. The summed E-state index contributed by atoms with van der Waals surface area (Å²) in [5.74, 6) is -13.9. The van der Waals surface area contributed by atoms with Gasteiger partial charge in [-0.15, -0.1) is 0 Å². The van der Waals surface area contributed by atoms with Gasteiger partial charge in [0, 0.05) is 54.4 Å². The van der Waals surface area contributed by atoms with Gasteiger partial charge in [-0.25, -0.2) is 4.79 Å². The summed E-state index contributed by atoms with van der Waals surface area (Å²) in [5.41, 5.74) is 2.92. The third-order valence-corrected chi connectivity index (χ3v) is 25.2. The summed E-state index contributed by atoms with van der Waals surface area (Å²) in [7, 11) is 1.47. The van der Waals surface area contributed by atoms with Gasteiger partial charge in [0.15, 0.2) is 23.9 Å². The Morgan fingerprint density at radius 3 is 1.91 bits per heavy atom. The van der Waals surface area contributed by atoms with Crippen LogP contribution in [0.2, 0.25) is 10.0 Å². The van der Waals surface area contributed by atoms with E-state index in [1.54, 1.807) is 0 Å². The molecule has 0 radical (unpaired) electrons. The second-order valence-electron chi connectivity index (χ2n) is 34.6. The van der Waals surface area contributed by atoms with Gasteiger partial charge in [0.25, 0.3) is 0 Å². The first-order valence-corrected chi connectivity index (χ1v) is 43.0. The molecule has 11 aliphatic rings. The van der Waals surface area contributed by atoms with Crippen LogP contribution in [0, 0.1) is 29.6 Å². The smallest absolute Gasteiger partial charge is 0.325 e. The van der Waals surface area contributed by atoms with Crippen molar-refractivity contribution in [3.8, 4) is 62.9 Å². The maximum atomic E-state index is 16.7. The molecule has 22 N–H and O–H groups in total. The van der Waals surface area contributed by atoms with E-state index in [0.717, 1.165) is 86.7 Å². The maximum absolute atomic E-state index is 16.7. The van der Waals surface area contributed by atoms with Crippen LogP contribution in [0.5, 0.6) is 51.7 Å². The van der Waals surface area contributed by atoms with Crippen LogP contribution in [0.3, 0.4) is 0 Å². The molecule has 0 spiro atoms. The Morgan fingerprint density at radius 1 is 0.672 bits per heavy atom. The number of anilines is 1. The van der Waals surface area contributed by atoms with Crippen LogP contribution in [-0.2, 0) is 57.4 Å². The summed E-state index contributed by atoms with van der Waals surface area (Å²) in [6, 6.07) is 4.21. The molecule has 128 heavy (non-hydrogen) atoms. The number of imide groups is 1. The number of phenolic OH excluding ortho intramolecular Hbond substituents is 3. The SMILES string of the molecule is CN[C@H](CC(C)C)C(=O)NC1C(=O)NC(CC(=O)NC(=O)Nc2ccc(OCCCNC(C)=O)cc2)C(=O)NC2C(=O)N[C@H]3C(=O)N[C@H](C(=O)N[C@@H](C(=O)NC4C5CC6CC(C5)CC4C6)c4cc(O)cc(O)c4-c4cc3ccc4O)[C@H](O)c3ccc(c(Cl)c3)Oc3cc2cc(c3O[C@H]2O[C@H](CO)[C@@H](O)[C@H](O)[C@H]2OC2C[C@](C)(N)[C@H](O)[C@H](C)O2)Oc2ccc(cc2Cl)[C@H]1O. The predicted molar refractivity (Wildman–Crippen MR) is 454 cm³/mol. The monoisotopic (exact) mass is 1810 g/mol. The Hall–Kier alpha value is -11.2. The van der Waals surface area contributed by atoms with Crippen molar-refractivity contribution in [3.05, 3.63) is 141 Å². The lowest BCUT2D eigenvalue weighted by Crippen LogP contribution is -2.64. The quantitative estimate of drug-likeness (QED) is 0.0484. The molecule has 4 unspecified atom stereocenters. The zero-order valence-electron chi connectivity index (χ0n) is 70.4. The van der Waals surface area contributed by atoms with E-state index < -0.39 is 237 Å². The Balaban J connectivity index is 0.941. The second-order valence-corrected chi connectivity index (χ2v) is 35.4. The van der Waals surface area contributed by atoms with Crippen molar-refractivity contribution >= 4 is 88.1 Å². The fraction of sp³-hybridized carbons (Fsp3) is 0.477. The minimum atomic E-state index is -2.44. The molecule has 15 bridgehead atoms. The third kappa shape index (κ3) is 20.6. The summed E-state index contributed by atoms with van der Waals surface area (Å²) < 4.78 is 44.8. The number of phenols is 3. The van der Waals surface area contributed by atoms with Gasteiger partial charge in [0.2, 0.25) is 65.2 Å². The summed E-state index contributed by atoms with van der Waals surface area (Å²) >= 11 is 14.5. The van der Waals surface area contributed by atoms with Crippen molar-refractivity contribution in [2.45, 2.75) is 208 Å². The van der Waals surface area contributed by atoms with Crippen molar-refractivity contribution < 1.29 is 127 Å². The number of carbonyl (C=O) groups excluding carboxylic acids is 10. The molecule has 6 aromatic carbocycles. The highest BCUT2D eigenvalue weighted by atomic mass is 35.5. The number of urea groups is 1. The van der Waals surface area contributed by atoms with Gasteiger partial charge < -0.3 is 138 Å².